The Morgan fingerprint density at radius 2 is 2.43 bits per heavy atom. The van der Waals surface area contributed by atoms with Crippen LogP contribution < -0.4 is 11.1 Å². The number of hydrogen-bond donors (Lipinski definition) is 2. The summed E-state index contributed by atoms with van der Waals surface area (Å²) >= 11 is 0. The summed E-state index contributed by atoms with van der Waals surface area (Å²) in [5, 5.41) is 2.73. The van der Waals surface area contributed by atoms with Crippen molar-refractivity contribution in [2.24, 2.45) is 11.7 Å². The molecule has 1 aromatic heterocycles. The number of carbonyl (C=O) groups is 1. The van der Waals surface area contributed by atoms with Gasteiger partial charge in [-0.05, 0) is 24.0 Å². The summed E-state index contributed by atoms with van der Waals surface area (Å²) in [7, 11) is 0. The van der Waals surface area contributed by atoms with Gasteiger partial charge < -0.3 is 11.1 Å². The van der Waals surface area contributed by atoms with Gasteiger partial charge in [-0.3, -0.25) is 4.79 Å². The largest absolute Gasteiger partial charge is 0.320 e. The highest BCUT2D eigenvalue weighted by molar-refractivity contribution is 5.95. The van der Waals surface area contributed by atoms with Crippen molar-refractivity contribution in [3.63, 3.8) is 0 Å². The molecule has 4 nitrogen and oxygen atoms in total. The molecule has 2 heterocycles. The zero-order valence-corrected chi connectivity index (χ0v) is 8.03. The molecule has 74 valence electrons. The average Bonchev–Trinajstić information content (AvgIpc) is 2.28. The summed E-state index contributed by atoms with van der Waals surface area (Å²) in [4.78, 5) is 15.6. The van der Waals surface area contributed by atoms with E-state index in [1.54, 1.807) is 6.20 Å². The number of nitrogens with two attached hydrogens (primary N) is 1. The molecule has 2 rings (SSSR count). The van der Waals surface area contributed by atoms with Crippen LogP contribution in [0.1, 0.15) is 12.5 Å². The summed E-state index contributed by atoms with van der Waals surface area (Å²) in [5.41, 5.74) is 6.82. The maximum Gasteiger partial charge on any atom is 0.242 e. The van der Waals surface area contributed by atoms with E-state index in [-0.39, 0.29) is 11.8 Å². The lowest BCUT2D eigenvalue weighted by Gasteiger charge is -2.13. The zero-order chi connectivity index (χ0) is 10.1. The Hall–Kier alpha value is -1.42. The van der Waals surface area contributed by atoms with Gasteiger partial charge in [-0.15, -0.1) is 0 Å². The van der Waals surface area contributed by atoms with E-state index in [4.69, 9.17) is 5.73 Å². The number of nitrogens with zero attached hydrogens (tertiary/aromatic N) is 1. The third-order valence-corrected chi connectivity index (χ3v) is 2.59. The third kappa shape index (κ3) is 1.48. The molecule has 1 aromatic rings. The van der Waals surface area contributed by atoms with E-state index in [2.05, 4.69) is 10.3 Å². The fourth-order valence-corrected chi connectivity index (χ4v) is 1.65. The predicted molar refractivity (Wildman–Crippen MR) is 53.7 cm³/mol. The minimum absolute atomic E-state index is 0.144. The normalized spacial score (nSPS) is 26.3. The maximum absolute atomic E-state index is 11.5. The van der Waals surface area contributed by atoms with E-state index in [1.165, 1.54) is 0 Å². The molecule has 4 heteroatoms. The Labute approximate surface area is 82.5 Å². The Bertz CT molecular complexity index is 364. The van der Waals surface area contributed by atoms with Crippen molar-refractivity contribution in [2.45, 2.75) is 19.4 Å². The van der Waals surface area contributed by atoms with Crippen molar-refractivity contribution in [1.29, 1.82) is 0 Å². The van der Waals surface area contributed by atoms with Gasteiger partial charge in [-0.25, -0.2) is 4.98 Å². The van der Waals surface area contributed by atoms with Crippen LogP contribution in [-0.4, -0.2) is 16.9 Å². The smallest absolute Gasteiger partial charge is 0.242 e. The van der Waals surface area contributed by atoms with Crippen molar-refractivity contribution in [2.75, 3.05) is 5.32 Å². The van der Waals surface area contributed by atoms with Gasteiger partial charge in [-0.2, -0.15) is 0 Å². The number of pyridine rings is 1. The molecule has 1 amide bonds. The fourth-order valence-electron chi connectivity index (χ4n) is 1.65. The highest BCUT2D eigenvalue weighted by Crippen LogP contribution is 2.21. The summed E-state index contributed by atoms with van der Waals surface area (Å²) < 4.78 is 0. The lowest BCUT2D eigenvalue weighted by molar-refractivity contribution is -0.118. The highest BCUT2D eigenvalue weighted by Gasteiger charge is 2.26. The minimum Gasteiger partial charge on any atom is -0.320 e. The van der Waals surface area contributed by atoms with Gasteiger partial charge in [0.15, 0.2) is 0 Å². The number of carbonyl (C=O) groups excluding carboxylic acids is 1. The number of aromatic nitrogens is 1. The molecule has 0 fully saturated rings. The Balaban J connectivity index is 2.39. The molecule has 0 saturated heterocycles. The molecule has 2 atom stereocenters. The first-order chi connectivity index (χ1) is 6.68. The van der Waals surface area contributed by atoms with E-state index < -0.39 is 6.04 Å². The third-order valence-electron chi connectivity index (χ3n) is 2.59. The zero-order valence-electron chi connectivity index (χ0n) is 8.03. The molecule has 0 aliphatic carbocycles. The Kier molecular flexibility index (Phi) is 2.21. The summed E-state index contributed by atoms with van der Waals surface area (Å²) in [5.74, 6) is 0.660. The van der Waals surface area contributed by atoms with Gasteiger partial charge in [0.2, 0.25) is 5.91 Å². The standard InChI is InChI=1S/C10H13N3O/c1-6-5-7-3-2-4-12-9(7)13-10(14)8(6)11/h2-4,6,8H,5,11H2,1H3,(H,12,13,14). The Morgan fingerprint density at radius 3 is 3.21 bits per heavy atom. The summed E-state index contributed by atoms with van der Waals surface area (Å²) in [6.07, 6.45) is 2.46. The molecular formula is C10H13N3O. The van der Waals surface area contributed by atoms with E-state index in [1.807, 2.05) is 19.1 Å². The van der Waals surface area contributed by atoms with E-state index in [0.717, 1.165) is 12.0 Å². The van der Waals surface area contributed by atoms with Gasteiger partial charge in [0.25, 0.3) is 0 Å². The lowest BCUT2D eigenvalue weighted by Crippen LogP contribution is -2.39. The van der Waals surface area contributed by atoms with Crippen LogP contribution in [0, 0.1) is 5.92 Å². The molecule has 0 spiro atoms. The van der Waals surface area contributed by atoms with Crippen molar-refractivity contribution >= 4 is 11.7 Å². The van der Waals surface area contributed by atoms with Crippen LogP contribution in [0.4, 0.5) is 5.82 Å². The van der Waals surface area contributed by atoms with Crippen LogP contribution >= 0.6 is 0 Å². The molecule has 3 N–H and O–H groups in total. The van der Waals surface area contributed by atoms with Crippen molar-refractivity contribution in [3.8, 4) is 0 Å². The summed E-state index contributed by atoms with van der Waals surface area (Å²) in [6.45, 7) is 1.98. The molecule has 0 radical (unpaired) electrons. The number of hydrogen-bond acceptors (Lipinski definition) is 3. The fraction of sp³-hybridized carbons (Fsp3) is 0.400. The quantitative estimate of drug-likeness (QED) is 0.629. The van der Waals surface area contributed by atoms with Crippen LogP contribution in [0.3, 0.4) is 0 Å². The van der Waals surface area contributed by atoms with Gasteiger partial charge in [0.1, 0.15) is 5.82 Å². The molecule has 1 aliphatic heterocycles. The molecule has 1 aliphatic rings. The minimum atomic E-state index is -0.441. The van der Waals surface area contributed by atoms with Crippen LogP contribution in [0.25, 0.3) is 0 Å². The molecular weight excluding hydrogens is 178 g/mol. The second-order valence-electron chi connectivity index (χ2n) is 3.71. The lowest BCUT2D eigenvalue weighted by atomic mass is 9.96. The predicted octanol–water partition coefficient (Wildman–Crippen LogP) is 0.540. The number of rotatable bonds is 0. The molecule has 0 saturated carbocycles. The van der Waals surface area contributed by atoms with Crippen LogP contribution in [-0.2, 0) is 11.2 Å². The number of amides is 1. The summed E-state index contributed by atoms with van der Waals surface area (Å²) in [6, 6.07) is 3.40. The van der Waals surface area contributed by atoms with Crippen LogP contribution in [0.2, 0.25) is 0 Å². The molecule has 0 aromatic carbocycles. The average molecular weight is 191 g/mol. The second-order valence-corrected chi connectivity index (χ2v) is 3.71. The number of nitrogens with one attached hydrogen (secondary N) is 1. The monoisotopic (exact) mass is 191 g/mol. The molecule has 14 heavy (non-hydrogen) atoms. The van der Waals surface area contributed by atoms with Crippen molar-refractivity contribution in [1.82, 2.24) is 4.98 Å². The Morgan fingerprint density at radius 1 is 1.64 bits per heavy atom. The highest BCUT2D eigenvalue weighted by atomic mass is 16.2. The topological polar surface area (TPSA) is 68.0 Å². The van der Waals surface area contributed by atoms with E-state index in [0.29, 0.717) is 5.82 Å². The first-order valence-electron chi connectivity index (χ1n) is 4.69. The number of fused-ring (bicyclic) bond motifs is 1. The van der Waals surface area contributed by atoms with Gasteiger partial charge in [-0.1, -0.05) is 13.0 Å². The van der Waals surface area contributed by atoms with E-state index >= 15 is 0 Å². The van der Waals surface area contributed by atoms with Gasteiger partial charge in [0, 0.05) is 6.20 Å². The van der Waals surface area contributed by atoms with Crippen molar-refractivity contribution < 1.29 is 4.79 Å². The second kappa shape index (κ2) is 3.38. The molecule has 2 unspecified atom stereocenters. The first-order valence-corrected chi connectivity index (χ1v) is 4.69. The van der Waals surface area contributed by atoms with Gasteiger partial charge in [0.05, 0.1) is 6.04 Å². The first kappa shape index (κ1) is 9.15. The van der Waals surface area contributed by atoms with Crippen LogP contribution in [0.5, 0.6) is 0 Å². The SMILES string of the molecule is CC1Cc2cccnc2NC(=O)C1N. The van der Waals surface area contributed by atoms with Crippen molar-refractivity contribution in [3.05, 3.63) is 23.9 Å². The van der Waals surface area contributed by atoms with Gasteiger partial charge >= 0.3 is 0 Å². The molecule has 0 bridgehead atoms. The maximum atomic E-state index is 11.5. The number of anilines is 1. The van der Waals surface area contributed by atoms with E-state index in [9.17, 15) is 4.79 Å². The van der Waals surface area contributed by atoms with Crippen LogP contribution in [0.15, 0.2) is 18.3 Å².